The number of rotatable bonds is 5. The second-order valence-corrected chi connectivity index (χ2v) is 6.32. The van der Waals surface area contributed by atoms with E-state index in [0.29, 0.717) is 6.54 Å². The molecule has 1 heterocycles. The Bertz CT molecular complexity index is 697. The van der Waals surface area contributed by atoms with Crippen molar-refractivity contribution >= 4 is 5.96 Å². The topological polar surface area (TPSA) is 54.2 Å². The van der Waals surface area contributed by atoms with Crippen molar-refractivity contribution in [2.24, 2.45) is 12.0 Å². The minimum absolute atomic E-state index is 0.273. The third-order valence-corrected chi connectivity index (χ3v) is 4.75. The number of benzene rings is 1. The highest BCUT2D eigenvalue weighted by molar-refractivity contribution is 5.79. The summed E-state index contributed by atoms with van der Waals surface area (Å²) >= 11 is 0. The first-order chi connectivity index (χ1) is 11.1. The van der Waals surface area contributed by atoms with E-state index in [2.05, 4.69) is 51.9 Å². The molecular formula is C18H25N5. The zero-order valence-electron chi connectivity index (χ0n) is 14.1. The van der Waals surface area contributed by atoms with Gasteiger partial charge in [0, 0.05) is 32.3 Å². The van der Waals surface area contributed by atoms with E-state index < -0.39 is 0 Å². The van der Waals surface area contributed by atoms with E-state index in [0.717, 1.165) is 18.2 Å². The van der Waals surface area contributed by atoms with Crippen molar-refractivity contribution in [3.05, 3.63) is 53.3 Å². The first-order valence-electron chi connectivity index (χ1n) is 8.12. The van der Waals surface area contributed by atoms with Crippen molar-refractivity contribution in [2.75, 3.05) is 13.6 Å². The van der Waals surface area contributed by atoms with Crippen LogP contribution in [-0.4, -0.2) is 29.3 Å². The number of aromatic nitrogens is 2. The number of guanidine groups is 1. The fourth-order valence-corrected chi connectivity index (χ4v) is 3.08. The number of nitrogens with one attached hydrogen (secondary N) is 2. The molecule has 1 aliphatic rings. The van der Waals surface area contributed by atoms with Crippen LogP contribution in [0.25, 0.3) is 0 Å². The predicted molar refractivity (Wildman–Crippen MR) is 93.5 cm³/mol. The third kappa shape index (κ3) is 3.38. The summed E-state index contributed by atoms with van der Waals surface area (Å²) in [5.74, 6) is 0.839. The molecule has 5 nitrogen and oxygen atoms in total. The van der Waals surface area contributed by atoms with Gasteiger partial charge >= 0.3 is 0 Å². The molecule has 5 heteroatoms. The molecule has 0 saturated heterocycles. The molecule has 0 atom stereocenters. The first kappa shape index (κ1) is 15.6. The van der Waals surface area contributed by atoms with E-state index in [1.807, 2.05) is 31.0 Å². The molecule has 1 saturated carbocycles. The summed E-state index contributed by atoms with van der Waals surface area (Å²) in [4.78, 5) is 4.33. The van der Waals surface area contributed by atoms with Gasteiger partial charge in [-0.2, -0.15) is 5.10 Å². The highest BCUT2D eigenvalue weighted by Crippen LogP contribution is 2.48. The van der Waals surface area contributed by atoms with Crippen LogP contribution in [0.4, 0.5) is 0 Å². The first-order valence-corrected chi connectivity index (χ1v) is 8.12. The number of hydrogen-bond donors (Lipinski definition) is 2. The lowest BCUT2D eigenvalue weighted by molar-refractivity contribution is 0.634. The summed E-state index contributed by atoms with van der Waals surface area (Å²) in [6.07, 6.45) is 4.29. The van der Waals surface area contributed by atoms with E-state index in [1.165, 1.54) is 24.0 Å². The van der Waals surface area contributed by atoms with Gasteiger partial charge in [0.15, 0.2) is 5.96 Å². The van der Waals surface area contributed by atoms with Gasteiger partial charge in [0.1, 0.15) is 0 Å². The molecule has 23 heavy (non-hydrogen) atoms. The van der Waals surface area contributed by atoms with Gasteiger partial charge in [-0.25, -0.2) is 0 Å². The van der Waals surface area contributed by atoms with Gasteiger partial charge in [0.2, 0.25) is 0 Å². The molecule has 0 amide bonds. The van der Waals surface area contributed by atoms with E-state index in [9.17, 15) is 0 Å². The summed E-state index contributed by atoms with van der Waals surface area (Å²) in [5, 5.41) is 11.0. The number of hydrogen-bond acceptors (Lipinski definition) is 2. The second kappa shape index (κ2) is 6.44. The van der Waals surface area contributed by atoms with Crippen LogP contribution in [0.3, 0.4) is 0 Å². The normalized spacial score (nSPS) is 16.2. The van der Waals surface area contributed by atoms with Gasteiger partial charge in [0.05, 0.1) is 12.2 Å². The third-order valence-electron chi connectivity index (χ3n) is 4.75. The van der Waals surface area contributed by atoms with E-state index in [1.54, 1.807) is 0 Å². The molecule has 1 fully saturated rings. The highest BCUT2D eigenvalue weighted by Gasteiger charge is 2.44. The maximum atomic E-state index is 4.33. The Hall–Kier alpha value is -2.30. The molecule has 0 radical (unpaired) electrons. The molecule has 122 valence electrons. The van der Waals surface area contributed by atoms with E-state index in [-0.39, 0.29) is 5.41 Å². The van der Waals surface area contributed by atoms with Crippen molar-refractivity contribution in [2.45, 2.75) is 31.7 Å². The highest BCUT2D eigenvalue weighted by atomic mass is 15.3. The Balaban J connectivity index is 1.58. The molecule has 1 aromatic carbocycles. The maximum absolute atomic E-state index is 4.33. The molecule has 2 N–H and O–H groups in total. The van der Waals surface area contributed by atoms with Gasteiger partial charge in [0.25, 0.3) is 0 Å². The summed E-state index contributed by atoms with van der Waals surface area (Å²) in [7, 11) is 3.76. The lowest BCUT2D eigenvalue weighted by atomic mass is 9.92. The molecular weight excluding hydrogens is 286 g/mol. The number of aryl methyl sites for hydroxylation is 2. The smallest absolute Gasteiger partial charge is 0.191 e. The maximum Gasteiger partial charge on any atom is 0.191 e. The average Bonchev–Trinajstić information content (AvgIpc) is 3.23. The van der Waals surface area contributed by atoms with Crippen molar-refractivity contribution in [1.29, 1.82) is 0 Å². The fraction of sp³-hybridized carbons (Fsp3) is 0.444. The Labute approximate surface area is 137 Å². The van der Waals surface area contributed by atoms with Crippen molar-refractivity contribution in [1.82, 2.24) is 20.4 Å². The summed E-state index contributed by atoms with van der Waals surface area (Å²) < 4.78 is 1.87. The summed E-state index contributed by atoms with van der Waals surface area (Å²) in [6.45, 7) is 3.83. The fourth-order valence-electron chi connectivity index (χ4n) is 3.08. The molecule has 0 unspecified atom stereocenters. The van der Waals surface area contributed by atoms with Crippen LogP contribution in [0, 0.1) is 6.92 Å². The Morgan fingerprint density at radius 3 is 2.65 bits per heavy atom. The molecule has 3 rings (SSSR count). The van der Waals surface area contributed by atoms with E-state index >= 15 is 0 Å². The zero-order chi connectivity index (χ0) is 16.3. The molecule has 0 aliphatic heterocycles. The Kier molecular flexibility index (Phi) is 4.37. The lowest BCUT2D eigenvalue weighted by Crippen LogP contribution is -2.41. The van der Waals surface area contributed by atoms with Gasteiger partial charge in [-0.3, -0.25) is 9.67 Å². The number of nitrogens with zero attached hydrogens (tertiary/aromatic N) is 3. The molecule has 1 aromatic heterocycles. The van der Waals surface area contributed by atoms with Crippen molar-refractivity contribution in [3.63, 3.8) is 0 Å². The second-order valence-electron chi connectivity index (χ2n) is 6.32. The van der Waals surface area contributed by atoms with Gasteiger partial charge < -0.3 is 10.6 Å². The molecule has 2 aromatic rings. The average molecular weight is 311 g/mol. The van der Waals surface area contributed by atoms with Crippen LogP contribution in [0.1, 0.15) is 29.7 Å². The Morgan fingerprint density at radius 1 is 1.26 bits per heavy atom. The van der Waals surface area contributed by atoms with Gasteiger partial charge in [-0.15, -0.1) is 0 Å². The van der Waals surface area contributed by atoms with Gasteiger partial charge in [-0.05, 0) is 37.0 Å². The minimum atomic E-state index is 0.273. The minimum Gasteiger partial charge on any atom is -0.356 e. The summed E-state index contributed by atoms with van der Waals surface area (Å²) in [5.41, 5.74) is 4.25. The van der Waals surface area contributed by atoms with Crippen LogP contribution in [0.2, 0.25) is 0 Å². The summed E-state index contributed by atoms with van der Waals surface area (Å²) in [6, 6.07) is 10.7. The lowest BCUT2D eigenvalue weighted by Gasteiger charge is -2.20. The molecule has 0 spiro atoms. The van der Waals surface area contributed by atoms with Crippen molar-refractivity contribution in [3.8, 4) is 0 Å². The predicted octanol–water partition coefficient (Wildman–Crippen LogP) is 2.13. The van der Waals surface area contributed by atoms with E-state index in [4.69, 9.17) is 0 Å². The van der Waals surface area contributed by atoms with Crippen LogP contribution in [0.15, 0.2) is 41.5 Å². The number of aliphatic imine (C=N–C) groups is 1. The van der Waals surface area contributed by atoms with Crippen molar-refractivity contribution < 1.29 is 0 Å². The van der Waals surface area contributed by atoms with Crippen LogP contribution in [0.5, 0.6) is 0 Å². The van der Waals surface area contributed by atoms with Gasteiger partial charge in [-0.1, -0.05) is 24.3 Å². The monoisotopic (exact) mass is 311 g/mol. The van der Waals surface area contributed by atoms with Crippen LogP contribution in [-0.2, 0) is 19.0 Å². The molecule has 0 bridgehead atoms. The zero-order valence-corrected chi connectivity index (χ0v) is 14.1. The largest absolute Gasteiger partial charge is 0.356 e. The quantitative estimate of drug-likeness (QED) is 0.657. The molecule has 1 aliphatic carbocycles. The standard InChI is InChI=1S/C18H25N5/c1-14-6-4-5-7-16(14)18(9-10-18)13-21-17(19-2)20-12-15-8-11-22-23(15)3/h4-8,11H,9-10,12-13H2,1-3H3,(H2,19,20,21). The van der Waals surface area contributed by atoms with Crippen LogP contribution >= 0.6 is 0 Å². The van der Waals surface area contributed by atoms with Crippen LogP contribution < -0.4 is 10.6 Å². The Morgan fingerprint density at radius 2 is 2.04 bits per heavy atom. The SMILES string of the molecule is CN=C(NCc1ccnn1C)NCC1(c2ccccc2C)CC1.